The second-order valence-electron chi connectivity index (χ2n) is 16.9. The highest BCUT2D eigenvalue weighted by Gasteiger charge is 2.43. The van der Waals surface area contributed by atoms with Crippen LogP contribution in [0.2, 0.25) is 0 Å². The number of fused-ring (bicyclic) bond motifs is 3. The molecule has 6 N–H and O–H groups in total. The fourth-order valence-corrected chi connectivity index (χ4v) is 8.48. The van der Waals surface area contributed by atoms with E-state index in [0.29, 0.717) is 38.0 Å². The number of hydrogen-bond acceptors (Lipinski definition) is 10. The molecule has 15 nitrogen and oxygen atoms in total. The minimum Gasteiger partial charge on any atom is -0.369 e. The lowest BCUT2D eigenvalue weighted by atomic mass is 9.97. The van der Waals surface area contributed by atoms with E-state index in [9.17, 15) is 28.8 Å². The standard InChI is InChI=1S/C43H65N7O8S/c1-11-25(4)33-38(54)44-26(5)41(56)50-21-17-20-32(50)37(53)45-29(22-28-18-15-14-16-19-28)40-47-31(24-59-40)36(52)49-34(27(6)58-43(9,10)13-3)39(55)46-30(35(51)48-33)23-57-42(7,8)12-2/h12-16,18-19,25-27,29-34,40,47H,2-3,11,17,20-24H2,1,4-10H3,(H,44,54)(H,45,53)(H,46,55)(H,48,51)(H,49,52)/t25-,26?,27+,29-,30-,31?,32+,33-,34+,40-/m0/s1. The summed E-state index contributed by atoms with van der Waals surface area (Å²) in [5.41, 5.74) is -0.811. The highest BCUT2D eigenvalue weighted by molar-refractivity contribution is 8.00. The summed E-state index contributed by atoms with van der Waals surface area (Å²) in [4.78, 5) is 86.2. The topological polar surface area (TPSA) is 196 Å². The van der Waals surface area contributed by atoms with E-state index in [1.807, 2.05) is 37.3 Å². The summed E-state index contributed by atoms with van der Waals surface area (Å²) in [6.07, 6.45) is 4.20. The van der Waals surface area contributed by atoms with Gasteiger partial charge in [0.25, 0.3) is 0 Å². The number of amides is 6. The number of carbonyl (C=O) groups excluding carboxylic acids is 6. The fraction of sp³-hybridized carbons (Fsp3) is 0.628. The van der Waals surface area contributed by atoms with Crippen LogP contribution in [0.4, 0.5) is 0 Å². The van der Waals surface area contributed by atoms with Crippen molar-refractivity contribution in [3.8, 4) is 0 Å². The van der Waals surface area contributed by atoms with Gasteiger partial charge in [-0.3, -0.25) is 34.1 Å². The molecule has 0 aromatic heterocycles. The van der Waals surface area contributed by atoms with Gasteiger partial charge in [0, 0.05) is 12.3 Å². The van der Waals surface area contributed by atoms with Gasteiger partial charge in [0.05, 0.1) is 41.4 Å². The maximum atomic E-state index is 14.4. The molecule has 4 rings (SSSR count). The maximum Gasteiger partial charge on any atom is 0.245 e. The van der Waals surface area contributed by atoms with Gasteiger partial charge in [-0.25, -0.2) is 0 Å². The molecule has 3 aliphatic heterocycles. The number of nitrogens with zero attached hydrogens (tertiary/aromatic N) is 1. The molecule has 6 amide bonds. The van der Waals surface area contributed by atoms with Crippen LogP contribution >= 0.6 is 11.8 Å². The highest BCUT2D eigenvalue weighted by Crippen LogP contribution is 2.26. The quantitative estimate of drug-likeness (QED) is 0.170. The fourth-order valence-electron chi connectivity index (χ4n) is 7.18. The highest BCUT2D eigenvalue weighted by atomic mass is 32.2. The lowest BCUT2D eigenvalue weighted by Gasteiger charge is -2.33. The Hall–Kier alpha value is -4.25. The molecule has 2 bridgehead atoms. The average Bonchev–Trinajstić information content (AvgIpc) is 3.91. The van der Waals surface area contributed by atoms with Gasteiger partial charge in [0.1, 0.15) is 30.2 Å². The third-order valence-electron chi connectivity index (χ3n) is 11.3. The molecule has 16 heteroatoms. The number of rotatable bonds is 12. The van der Waals surface area contributed by atoms with Crippen molar-refractivity contribution in [3.05, 3.63) is 61.2 Å². The first kappa shape index (κ1) is 47.4. The zero-order valence-corrected chi connectivity index (χ0v) is 36.6. The third kappa shape index (κ3) is 12.9. The van der Waals surface area contributed by atoms with E-state index in [0.717, 1.165) is 5.56 Å². The normalized spacial score (nSPS) is 29.1. The lowest BCUT2D eigenvalue weighted by molar-refractivity contribution is -0.142. The minimum absolute atomic E-state index is 0.308. The summed E-state index contributed by atoms with van der Waals surface area (Å²) in [5.74, 6) is -3.34. The Kier molecular flexibility index (Phi) is 16.7. The van der Waals surface area contributed by atoms with Crippen LogP contribution < -0.4 is 31.9 Å². The Morgan fingerprint density at radius 1 is 0.847 bits per heavy atom. The maximum absolute atomic E-state index is 14.4. The molecule has 1 aromatic carbocycles. The van der Waals surface area contributed by atoms with Gasteiger partial charge in [-0.1, -0.05) is 62.8 Å². The zero-order chi connectivity index (χ0) is 43.7. The van der Waals surface area contributed by atoms with Crippen molar-refractivity contribution >= 4 is 47.2 Å². The van der Waals surface area contributed by atoms with Crippen molar-refractivity contribution in [2.75, 3.05) is 18.9 Å². The predicted molar refractivity (Wildman–Crippen MR) is 228 cm³/mol. The monoisotopic (exact) mass is 839 g/mol. The number of carbonyl (C=O) groups is 6. The summed E-state index contributed by atoms with van der Waals surface area (Å²) in [6.45, 7) is 21.6. The lowest BCUT2D eigenvalue weighted by Crippen LogP contribution is -2.63. The molecule has 326 valence electrons. The molecule has 3 saturated heterocycles. The van der Waals surface area contributed by atoms with Gasteiger partial charge in [-0.05, 0) is 72.3 Å². The molecule has 3 aliphatic rings. The van der Waals surface area contributed by atoms with Crippen LogP contribution in [-0.2, 0) is 44.7 Å². The van der Waals surface area contributed by atoms with Crippen LogP contribution in [-0.4, -0.2) is 124 Å². The van der Waals surface area contributed by atoms with Gasteiger partial charge in [-0.2, -0.15) is 0 Å². The van der Waals surface area contributed by atoms with Crippen LogP contribution in [0.3, 0.4) is 0 Å². The van der Waals surface area contributed by atoms with Crippen molar-refractivity contribution < 1.29 is 38.2 Å². The Balaban J connectivity index is 1.76. The zero-order valence-electron chi connectivity index (χ0n) is 35.8. The molecular formula is C43H65N7O8S. The van der Waals surface area contributed by atoms with Crippen LogP contribution in [0.25, 0.3) is 0 Å². The van der Waals surface area contributed by atoms with Crippen LogP contribution in [0.1, 0.15) is 80.2 Å². The molecular weight excluding hydrogens is 775 g/mol. The number of ether oxygens (including phenoxy) is 2. The molecule has 2 unspecified atom stereocenters. The smallest absolute Gasteiger partial charge is 0.245 e. The van der Waals surface area contributed by atoms with Crippen molar-refractivity contribution in [3.63, 3.8) is 0 Å². The van der Waals surface area contributed by atoms with Gasteiger partial charge in [-0.15, -0.1) is 24.9 Å². The predicted octanol–water partition coefficient (Wildman–Crippen LogP) is 2.11. The second-order valence-corrected chi connectivity index (χ2v) is 18.0. The Morgan fingerprint density at radius 2 is 1.49 bits per heavy atom. The van der Waals surface area contributed by atoms with Gasteiger partial charge in [0.2, 0.25) is 35.4 Å². The molecule has 0 spiro atoms. The first-order valence-electron chi connectivity index (χ1n) is 20.6. The summed E-state index contributed by atoms with van der Waals surface area (Å²) >= 11 is 1.47. The van der Waals surface area contributed by atoms with Gasteiger partial charge >= 0.3 is 0 Å². The number of nitrogens with one attached hydrogen (secondary N) is 6. The van der Waals surface area contributed by atoms with E-state index in [4.69, 9.17) is 9.47 Å². The molecule has 0 aliphatic carbocycles. The summed E-state index contributed by atoms with van der Waals surface area (Å²) in [6, 6.07) is 2.88. The van der Waals surface area contributed by atoms with E-state index >= 15 is 0 Å². The van der Waals surface area contributed by atoms with Crippen LogP contribution in [0.5, 0.6) is 0 Å². The van der Waals surface area contributed by atoms with Crippen LogP contribution in [0, 0.1) is 5.92 Å². The van der Waals surface area contributed by atoms with Crippen molar-refractivity contribution in [1.29, 1.82) is 0 Å². The number of hydrogen-bond donors (Lipinski definition) is 6. The van der Waals surface area contributed by atoms with E-state index in [1.54, 1.807) is 60.6 Å². The van der Waals surface area contributed by atoms with Crippen molar-refractivity contribution in [2.45, 2.75) is 146 Å². The molecule has 10 atom stereocenters. The number of thioether (sulfide) groups is 1. The molecule has 0 radical (unpaired) electrons. The van der Waals surface area contributed by atoms with Gasteiger partial charge < -0.3 is 41.0 Å². The largest absolute Gasteiger partial charge is 0.369 e. The first-order valence-corrected chi connectivity index (χ1v) is 21.7. The SMILES string of the molecule is C=CC(C)(C)OC[C@@H]1NC(=O)[C@@H]([C@@H](C)OC(C)(C)C=C)NC(=O)C2CS[C@H](N2)[C@H](Cc2ccccc2)NC(=O)[C@H]2CCCN2C(=O)C(C)NC(=O)[C@H]([C@@H](C)CC)NC1=O. The molecule has 1 aromatic rings. The van der Waals surface area contributed by atoms with E-state index in [1.165, 1.54) is 16.7 Å². The Labute approximate surface area is 353 Å². The van der Waals surface area contributed by atoms with Crippen LogP contribution in [0.15, 0.2) is 55.6 Å². The molecule has 59 heavy (non-hydrogen) atoms. The summed E-state index contributed by atoms with van der Waals surface area (Å²) in [7, 11) is 0. The Bertz CT molecular complexity index is 1690. The minimum atomic E-state index is -1.33. The third-order valence-corrected chi connectivity index (χ3v) is 12.6. The summed E-state index contributed by atoms with van der Waals surface area (Å²) < 4.78 is 12.2. The molecule has 3 fully saturated rings. The number of benzene rings is 1. The average molecular weight is 840 g/mol. The summed E-state index contributed by atoms with van der Waals surface area (Å²) in [5, 5.41) is 17.4. The van der Waals surface area contributed by atoms with Crippen molar-refractivity contribution in [1.82, 2.24) is 36.8 Å². The van der Waals surface area contributed by atoms with E-state index < -0.39 is 94.5 Å². The van der Waals surface area contributed by atoms with E-state index in [-0.39, 0.29) is 18.4 Å². The Morgan fingerprint density at radius 3 is 2.14 bits per heavy atom. The molecule has 3 heterocycles. The first-order chi connectivity index (χ1) is 27.8. The van der Waals surface area contributed by atoms with E-state index in [2.05, 4.69) is 45.1 Å². The van der Waals surface area contributed by atoms with Crippen molar-refractivity contribution in [2.24, 2.45) is 5.92 Å². The second kappa shape index (κ2) is 20.8. The van der Waals surface area contributed by atoms with Gasteiger partial charge in [0.15, 0.2) is 0 Å². The molecule has 0 saturated carbocycles.